The van der Waals surface area contributed by atoms with Crippen molar-refractivity contribution < 1.29 is 19.1 Å². The van der Waals surface area contributed by atoms with Gasteiger partial charge in [-0.3, -0.25) is 34.2 Å². The summed E-state index contributed by atoms with van der Waals surface area (Å²) >= 11 is 0. The number of fused-ring (bicyclic) bond motifs is 1. The number of nitriles is 1. The number of benzene rings is 3. The number of rotatable bonds is 11. The van der Waals surface area contributed by atoms with Crippen LogP contribution in [0.2, 0.25) is 0 Å². The summed E-state index contributed by atoms with van der Waals surface area (Å²) in [5.41, 5.74) is 3.86. The van der Waals surface area contributed by atoms with Crippen molar-refractivity contribution in [1.82, 2.24) is 44.6 Å². The highest BCUT2D eigenvalue weighted by atomic mass is 16.5. The Hall–Kier alpha value is -7.58. The third kappa shape index (κ3) is 9.27. The number of hydrogen-bond acceptors (Lipinski definition) is 13. The van der Waals surface area contributed by atoms with E-state index in [0.717, 1.165) is 53.0 Å². The Balaban J connectivity index is 0.716. The molecule has 3 aliphatic rings. The zero-order valence-electron chi connectivity index (χ0n) is 35.0. The minimum atomic E-state index is -0.815. The molecule has 3 aromatic carbocycles. The topological polar surface area (TPSA) is 202 Å². The molecule has 6 aromatic rings. The summed E-state index contributed by atoms with van der Waals surface area (Å²) in [4.78, 5) is 78.7. The van der Waals surface area contributed by atoms with E-state index in [-0.39, 0.29) is 42.3 Å². The number of likely N-dealkylation sites (tertiary alicyclic amines) is 1. The number of carbonyl (C=O) groups is 3. The molecular formula is C47H45N11O6. The van der Waals surface area contributed by atoms with Gasteiger partial charge in [0.1, 0.15) is 6.04 Å². The van der Waals surface area contributed by atoms with Crippen LogP contribution >= 0.6 is 0 Å². The van der Waals surface area contributed by atoms with Crippen LogP contribution in [0.1, 0.15) is 42.9 Å². The standard InChI is InChI=1S/C47H45N11O6/c48-24-32-3-1-5-34(21-32)40-9-12-43(60)57(53-40)28-33-4-2-6-35(22-33)45-49-26-38(27-50-45)64-30-31-13-15-54(16-14-31)29-44(61)56-19-17-55(18-20-56)37-7-8-39-36(23-37)25-51-58(47(39)63)41-10-11-42(59)52-46(41)62/h1-9,12,21-23,25-27,31,41H,10-11,13-20,28-30H2,(H,52,59,62). The molecule has 0 aliphatic carbocycles. The van der Waals surface area contributed by atoms with E-state index in [1.54, 1.807) is 48.9 Å². The predicted octanol–water partition coefficient (Wildman–Crippen LogP) is 3.41. The van der Waals surface area contributed by atoms with Gasteiger partial charge in [-0.05, 0) is 86.3 Å². The Morgan fingerprint density at radius 2 is 1.61 bits per heavy atom. The Bertz CT molecular complexity index is 2890. The molecule has 0 saturated carbocycles. The third-order valence-corrected chi connectivity index (χ3v) is 12.1. The molecule has 1 unspecified atom stereocenters. The van der Waals surface area contributed by atoms with Crippen molar-refractivity contribution in [2.45, 2.75) is 38.3 Å². The number of hydrogen-bond donors (Lipinski definition) is 1. The van der Waals surface area contributed by atoms with Crippen LogP contribution in [-0.2, 0) is 20.9 Å². The molecule has 1 atom stereocenters. The fourth-order valence-corrected chi connectivity index (χ4v) is 8.50. The van der Waals surface area contributed by atoms with Crippen LogP contribution in [0.15, 0.2) is 107 Å². The highest BCUT2D eigenvalue weighted by Gasteiger charge is 2.30. The summed E-state index contributed by atoms with van der Waals surface area (Å²) in [6, 6.07) is 24.8. The first kappa shape index (κ1) is 41.8. The minimum absolute atomic E-state index is 0.118. The molecule has 3 amide bonds. The second kappa shape index (κ2) is 18.4. The van der Waals surface area contributed by atoms with Crippen LogP contribution in [0.4, 0.5) is 5.69 Å². The third-order valence-electron chi connectivity index (χ3n) is 12.1. The first-order chi connectivity index (χ1) is 31.2. The van der Waals surface area contributed by atoms with Crippen LogP contribution < -0.4 is 26.1 Å². The maximum atomic E-state index is 13.4. The lowest BCUT2D eigenvalue weighted by Gasteiger charge is -2.38. The Morgan fingerprint density at radius 1 is 0.828 bits per heavy atom. The van der Waals surface area contributed by atoms with Crippen molar-refractivity contribution in [2.24, 2.45) is 5.92 Å². The molecule has 9 rings (SSSR count). The van der Waals surface area contributed by atoms with Crippen LogP contribution in [0.25, 0.3) is 33.4 Å². The zero-order chi connectivity index (χ0) is 44.2. The molecule has 324 valence electrons. The Kier molecular flexibility index (Phi) is 12.0. The summed E-state index contributed by atoms with van der Waals surface area (Å²) in [6.45, 7) is 5.28. The van der Waals surface area contributed by atoms with Crippen molar-refractivity contribution in [2.75, 3.05) is 57.3 Å². The molecule has 3 fully saturated rings. The number of aromatic nitrogens is 6. The van der Waals surface area contributed by atoms with Gasteiger partial charge in [0.25, 0.3) is 17.0 Å². The fourth-order valence-electron chi connectivity index (χ4n) is 8.50. The molecule has 0 spiro atoms. The van der Waals surface area contributed by atoms with Crippen LogP contribution in [0.3, 0.4) is 0 Å². The number of nitrogens with zero attached hydrogens (tertiary/aromatic N) is 10. The van der Waals surface area contributed by atoms with Crippen molar-refractivity contribution in [3.8, 4) is 34.5 Å². The number of piperazine rings is 1. The molecule has 3 aliphatic heterocycles. The number of anilines is 1. The molecule has 0 bridgehead atoms. The van der Waals surface area contributed by atoms with Crippen molar-refractivity contribution in [3.63, 3.8) is 0 Å². The summed E-state index contributed by atoms with van der Waals surface area (Å²) < 4.78 is 8.67. The number of imide groups is 1. The van der Waals surface area contributed by atoms with Gasteiger partial charge in [-0.25, -0.2) is 19.3 Å². The van der Waals surface area contributed by atoms with E-state index in [1.807, 2.05) is 47.4 Å². The molecule has 1 N–H and O–H groups in total. The molecule has 17 nitrogen and oxygen atoms in total. The fraction of sp³-hybridized carbons (Fsp3) is 0.319. The van der Waals surface area contributed by atoms with E-state index < -0.39 is 11.9 Å². The van der Waals surface area contributed by atoms with Crippen molar-refractivity contribution in [3.05, 3.63) is 129 Å². The van der Waals surface area contributed by atoms with Gasteiger partial charge < -0.3 is 14.5 Å². The second-order valence-corrected chi connectivity index (χ2v) is 16.4. The summed E-state index contributed by atoms with van der Waals surface area (Å²) in [5.74, 6) is 0.710. The molecular weight excluding hydrogens is 815 g/mol. The van der Waals surface area contributed by atoms with E-state index in [9.17, 15) is 29.2 Å². The Labute approximate surface area is 367 Å². The smallest absolute Gasteiger partial charge is 0.275 e. The maximum Gasteiger partial charge on any atom is 0.275 e. The zero-order valence-corrected chi connectivity index (χ0v) is 35.0. The van der Waals surface area contributed by atoms with Gasteiger partial charge in [-0.1, -0.05) is 30.3 Å². The lowest BCUT2D eigenvalue weighted by Crippen LogP contribution is -2.52. The molecule has 64 heavy (non-hydrogen) atoms. The van der Waals surface area contributed by atoms with E-state index in [4.69, 9.17) is 4.74 Å². The Morgan fingerprint density at radius 3 is 2.39 bits per heavy atom. The largest absolute Gasteiger partial charge is 0.490 e. The molecule has 17 heteroatoms. The lowest BCUT2D eigenvalue weighted by molar-refractivity contribution is -0.136. The summed E-state index contributed by atoms with van der Waals surface area (Å²) in [6.07, 6.45) is 7.15. The quantitative estimate of drug-likeness (QED) is 0.186. The lowest BCUT2D eigenvalue weighted by atomic mass is 9.98. The van der Waals surface area contributed by atoms with Crippen LogP contribution in [0, 0.1) is 17.2 Å². The van der Waals surface area contributed by atoms with Gasteiger partial charge in [0.05, 0.1) is 61.0 Å². The van der Waals surface area contributed by atoms with E-state index >= 15 is 0 Å². The van der Waals surface area contributed by atoms with Crippen LogP contribution in [0.5, 0.6) is 5.75 Å². The predicted molar refractivity (Wildman–Crippen MR) is 236 cm³/mol. The number of piperidine rings is 2. The number of nitrogens with one attached hydrogen (secondary N) is 1. The molecule has 3 aromatic heterocycles. The highest BCUT2D eigenvalue weighted by Crippen LogP contribution is 2.25. The summed E-state index contributed by atoms with van der Waals surface area (Å²) in [7, 11) is 0. The highest BCUT2D eigenvalue weighted by molar-refractivity contribution is 5.99. The SMILES string of the molecule is N#Cc1cccc(-c2ccc(=O)n(Cc3cccc(-c4ncc(OCC5CCN(CC(=O)N6CCN(c7ccc8c(=O)n(C9CCC(=O)NC9=O)ncc8c7)CC6)CC5)cn4)c3)n2)c1. The first-order valence-electron chi connectivity index (χ1n) is 21.4. The van der Waals surface area contributed by atoms with Crippen molar-refractivity contribution >= 4 is 34.2 Å². The van der Waals surface area contributed by atoms with Gasteiger partial charge >= 0.3 is 0 Å². The number of carbonyl (C=O) groups excluding carboxylic acids is 3. The summed E-state index contributed by atoms with van der Waals surface area (Å²) in [5, 5.41) is 21.5. The van der Waals surface area contributed by atoms with Crippen molar-refractivity contribution in [1.29, 1.82) is 5.26 Å². The number of ether oxygens (including phenoxy) is 1. The number of amides is 3. The molecule has 0 radical (unpaired) electrons. The van der Waals surface area contributed by atoms with E-state index in [0.29, 0.717) is 78.9 Å². The van der Waals surface area contributed by atoms with Gasteiger partial charge in [0.2, 0.25) is 11.8 Å². The van der Waals surface area contributed by atoms with Gasteiger partial charge in [-0.2, -0.15) is 15.5 Å². The maximum absolute atomic E-state index is 13.4. The van der Waals surface area contributed by atoms with Crippen LogP contribution in [-0.4, -0.2) is 109 Å². The normalized spacial score (nSPS) is 17.3. The molecule has 6 heterocycles. The molecule has 3 saturated heterocycles. The average Bonchev–Trinajstić information content (AvgIpc) is 3.32. The van der Waals surface area contributed by atoms with Gasteiger partial charge in [0, 0.05) is 60.9 Å². The minimum Gasteiger partial charge on any atom is -0.490 e. The van der Waals surface area contributed by atoms with E-state index in [2.05, 4.69) is 41.4 Å². The average molecular weight is 860 g/mol. The first-order valence-corrected chi connectivity index (χ1v) is 21.4. The second-order valence-electron chi connectivity index (χ2n) is 16.4. The van der Waals surface area contributed by atoms with E-state index in [1.165, 1.54) is 10.7 Å². The van der Waals surface area contributed by atoms with Gasteiger partial charge in [0.15, 0.2) is 11.6 Å². The van der Waals surface area contributed by atoms with Gasteiger partial charge in [-0.15, -0.1) is 0 Å². The monoisotopic (exact) mass is 859 g/mol.